The maximum atomic E-state index is 11.8. The van der Waals surface area contributed by atoms with E-state index in [0.29, 0.717) is 11.1 Å². The Balaban J connectivity index is 2.63. The third-order valence-electron chi connectivity index (χ3n) is 1.20. The second-order valence-corrected chi connectivity index (χ2v) is 2.30. The summed E-state index contributed by atoms with van der Waals surface area (Å²) in [6.07, 6.45) is -1.69. The Kier molecular flexibility index (Phi) is 2.54. The molecule has 0 aliphatic carbocycles. The number of nitrogens with one attached hydrogen (secondary N) is 1. The average Bonchev–Trinajstić information content (AvgIpc) is 2.33. The molecule has 0 spiro atoms. The fourth-order valence-corrected chi connectivity index (χ4v) is 0.776. The van der Waals surface area contributed by atoms with Crippen molar-refractivity contribution in [2.24, 2.45) is 0 Å². The Morgan fingerprint density at radius 1 is 1.62 bits per heavy atom. The van der Waals surface area contributed by atoms with Crippen LogP contribution in [-0.2, 0) is 11.3 Å². The van der Waals surface area contributed by atoms with Crippen LogP contribution < -0.4 is 5.32 Å². The zero-order valence-electron chi connectivity index (χ0n) is 6.38. The van der Waals surface area contributed by atoms with Crippen molar-refractivity contribution >= 4 is 12.1 Å². The summed E-state index contributed by atoms with van der Waals surface area (Å²) in [5, 5.41) is 5.58. The highest BCUT2D eigenvalue weighted by molar-refractivity contribution is 5.69. The first kappa shape index (κ1) is 9.56. The van der Waals surface area contributed by atoms with Gasteiger partial charge in [0.2, 0.25) is 6.41 Å². The van der Waals surface area contributed by atoms with Gasteiger partial charge in [0.25, 0.3) is 0 Å². The van der Waals surface area contributed by atoms with Crippen LogP contribution in [-0.4, -0.2) is 22.4 Å². The monoisotopic (exact) mass is 193 g/mol. The van der Waals surface area contributed by atoms with Gasteiger partial charge in [0.15, 0.2) is 0 Å². The topological polar surface area (TPSA) is 46.9 Å². The lowest BCUT2D eigenvalue weighted by molar-refractivity contribution is -0.142. The molecule has 7 heteroatoms. The van der Waals surface area contributed by atoms with Crippen LogP contribution in [0.5, 0.6) is 0 Å². The number of nitrogens with zero attached hydrogens (tertiary/aromatic N) is 2. The molecule has 0 saturated carbocycles. The largest absolute Gasteiger partial charge is 0.408 e. The molecule has 0 fully saturated rings. The van der Waals surface area contributed by atoms with Crippen molar-refractivity contribution < 1.29 is 18.0 Å². The average molecular weight is 193 g/mol. The zero-order valence-corrected chi connectivity index (χ0v) is 6.38. The smallest absolute Gasteiger partial charge is 0.326 e. The second-order valence-electron chi connectivity index (χ2n) is 2.30. The molecule has 1 aromatic rings. The van der Waals surface area contributed by atoms with E-state index >= 15 is 0 Å². The van der Waals surface area contributed by atoms with Gasteiger partial charge in [-0.15, -0.1) is 0 Å². The minimum Gasteiger partial charge on any atom is -0.326 e. The first-order chi connectivity index (χ1) is 6.01. The van der Waals surface area contributed by atoms with Gasteiger partial charge in [-0.05, 0) is 0 Å². The number of alkyl halides is 3. The summed E-state index contributed by atoms with van der Waals surface area (Å²) < 4.78 is 36.1. The summed E-state index contributed by atoms with van der Waals surface area (Å²) in [6, 6.07) is 0. The van der Waals surface area contributed by atoms with Crippen LogP contribution in [0.2, 0.25) is 0 Å². The lowest BCUT2D eigenvalue weighted by Gasteiger charge is -2.04. The van der Waals surface area contributed by atoms with E-state index in [1.165, 1.54) is 0 Å². The molecule has 72 valence electrons. The molecule has 1 amide bonds. The molecule has 1 heterocycles. The third kappa shape index (κ3) is 3.14. The summed E-state index contributed by atoms with van der Waals surface area (Å²) in [5.41, 5.74) is 0.235. The SMILES string of the molecule is O=CNc1cnn(CC(F)(F)F)c1. The summed E-state index contributed by atoms with van der Waals surface area (Å²) in [4.78, 5) is 9.90. The van der Waals surface area contributed by atoms with Crippen LogP contribution >= 0.6 is 0 Å². The highest BCUT2D eigenvalue weighted by Crippen LogP contribution is 2.17. The predicted molar refractivity (Wildman–Crippen MR) is 38.0 cm³/mol. The van der Waals surface area contributed by atoms with Gasteiger partial charge in [-0.2, -0.15) is 18.3 Å². The van der Waals surface area contributed by atoms with E-state index < -0.39 is 12.7 Å². The molecule has 0 aliphatic rings. The first-order valence-electron chi connectivity index (χ1n) is 3.30. The van der Waals surface area contributed by atoms with E-state index in [0.717, 1.165) is 12.4 Å². The molecule has 0 saturated heterocycles. The molecule has 0 unspecified atom stereocenters. The van der Waals surface area contributed by atoms with Crippen molar-refractivity contribution in [2.75, 3.05) is 5.32 Å². The molecule has 1 N–H and O–H groups in total. The lowest BCUT2D eigenvalue weighted by Crippen LogP contribution is -2.17. The molecular formula is C6H6F3N3O. The van der Waals surface area contributed by atoms with Gasteiger partial charge in [0.1, 0.15) is 6.54 Å². The number of hydrogen-bond acceptors (Lipinski definition) is 2. The minimum atomic E-state index is -4.30. The summed E-state index contributed by atoms with van der Waals surface area (Å²) in [7, 11) is 0. The fraction of sp³-hybridized carbons (Fsp3) is 0.333. The van der Waals surface area contributed by atoms with E-state index in [2.05, 4.69) is 10.4 Å². The van der Waals surface area contributed by atoms with Crippen molar-refractivity contribution in [3.05, 3.63) is 12.4 Å². The predicted octanol–water partition coefficient (Wildman–Crippen LogP) is 1.01. The molecular weight excluding hydrogens is 187 g/mol. The molecule has 0 atom stereocenters. The number of carbonyl (C=O) groups is 1. The van der Waals surface area contributed by atoms with Crippen molar-refractivity contribution in [1.29, 1.82) is 0 Å². The molecule has 0 aliphatic heterocycles. The van der Waals surface area contributed by atoms with Gasteiger partial charge in [0, 0.05) is 6.20 Å². The Labute approximate surface area is 71.3 Å². The maximum Gasteiger partial charge on any atom is 0.408 e. The van der Waals surface area contributed by atoms with Crippen LogP contribution in [0.3, 0.4) is 0 Å². The number of hydrogen-bond donors (Lipinski definition) is 1. The maximum absolute atomic E-state index is 11.8. The Morgan fingerprint density at radius 3 is 2.85 bits per heavy atom. The second kappa shape index (κ2) is 3.46. The Morgan fingerprint density at radius 2 is 2.31 bits per heavy atom. The van der Waals surface area contributed by atoms with Gasteiger partial charge in [-0.1, -0.05) is 0 Å². The van der Waals surface area contributed by atoms with Gasteiger partial charge in [0.05, 0.1) is 11.9 Å². The molecule has 1 aromatic heterocycles. The van der Waals surface area contributed by atoms with Crippen molar-refractivity contribution in [3.8, 4) is 0 Å². The molecule has 4 nitrogen and oxygen atoms in total. The third-order valence-corrected chi connectivity index (χ3v) is 1.20. The van der Waals surface area contributed by atoms with E-state index in [-0.39, 0.29) is 5.69 Å². The summed E-state index contributed by atoms with van der Waals surface area (Å²) in [5.74, 6) is 0. The number of amides is 1. The van der Waals surface area contributed by atoms with Gasteiger partial charge in [-0.3, -0.25) is 9.48 Å². The van der Waals surface area contributed by atoms with Crippen molar-refractivity contribution in [2.45, 2.75) is 12.7 Å². The van der Waals surface area contributed by atoms with E-state index in [1.54, 1.807) is 0 Å². The van der Waals surface area contributed by atoms with Gasteiger partial charge >= 0.3 is 6.18 Å². The van der Waals surface area contributed by atoms with Gasteiger partial charge < -0.3 is 5.32 Å². The number of anilines is 1. The van der Waals surface area contributed by atoms with Crippen LogP contribution in [0.1, 0.15) is 0 Å². The highest BCUT2D eigenvalue weighted by Gasteiger charge is 2.28. The van der Waals surface area contributed by atoms with Crippen LogP contribution in [0.25, 0.3) is 0 Å². The van der Waals surface area contributed by atoms with E-state index in [4.69, 9.17) is 0 Å². The fourth-order valence-electron chi connectivity index (χ4n) is 0.776. The Bertz CT molecular complexity index is 294. The quantitative estimate of drug-likeness (QED) is 0.728. The van der Waals surface area contributed by atoms with Crippen LogP contribution in [0.4, 0.5) is 18.9 Å². The number of rotatable bonds is 3. The molecule has 1 rings (SSSR count). The number of aromatic nitrogens is 2. The van der Waals surface area contributed by atoms with Crippen molar-refractivity contribution in [3.63, 3.8) is 0 Å². The summed E-state index contributed by atoms with van der Waals surface area (Å²) >= 11 is 0. The molecule has 13 heavy (non-hydrogen) atoms. The molecule has 0 radical (unpaired) electrons. The van der Waals surface area contributed by atoms with E-state index in [1.807, 2.05) is 0 Å². The Hall–Kier alpha value is -1.53. The number of carbonyl (C=O) groups excluding carboxylic acids is 1. The number of halogens is 3. The normalized spacial score (nSPS) is 11.3. The van der Waals surface area contributed by atoms with Crippen molar-refractivity contribution in [1.82, 2.24) is 9.78 Å². The highest BCUT2D eigenvalue weighted by atomic mass is 19.4. The van der Waals surface area contributed by atoms with Gasteiger partial charge in [-0.25, -0.2) is 0 Å². The standard InChI is InChI=1S/C6H6F3N3O/c7-6(8,9)3-12-2-5(1-11-12)10-4-13/h1-2,4H,3H2,(H,10,13). The first-order valence-corrected chi connectivity index (χ1v) is 3.30. The van der Waals surface area contributed by atoms with E-state index in [9.17, 15) is 18.0 Å². The van der Waals surface area contributed by atoms with Crippen LogP contribution in [0.15, 0.2) is 12.4 Å². The molecule has 0 bridgehead atoms. The minimum absolute atomic E-state index is 0.235. The lowest BCUT2D eigenvalue weighted by atomic mass is 10.6. The summed E-state index contributed by atoms with van der Waals surface area (Å²) in [6.45, 7) is -1.16. The zero-order chi connectivity index (χ0) is 9.90. The molecule has 0 aromatic carbocycles. The van der Waals surface area contributed by atoms with Crippen LogP contribution in [0, 0.1) is 0 Å².